The number of likely N-dealkylation sites (N-methyl/N-ethyl adjacent to an activating group) is 1. The zero-order valence-corrected chi connectivity index (χ0v) is 14.7. The highest BCUT2D eigenvalue weighted by Crippen LogP contribution is 2.36. The number of benzene rings is 1. The molecule has 0 aliphatic carbocycles. The van der Waals surface area contributed by atoms with Crippen molar-refractivity contribution in [2.45, 2.75) is 52.2 Å². The van der Waals surface area contributed by atoms with Gasteiger partial charge in [0.25, 0.3) is 0 Å². The second kappa shape index (κ2) is 5.71. The van der Waals surface area contributed by atoms with Crippen LogP contribution in [-0.2, 0) is 20.5 Å². The molecule has 1 aliphatic rings. The van der Waals surface area contributed by atoms with Crippen molar-refractivity contribution in [3.05, 3.63) is 29.3 Å². The average molecular weight is 303 g/mol. The molecule has 0 saturated carbocycles. The van der Waals surface area contributed by atoms with E-state index in [1.807, 2.05) is 52.8 Å². The molecule has 1 aliphatic heterocycles. The lowest BCUT2D eigenvalue weighted by atomic mass is 9.75. The second-order valence-electron chi connectivity index (χ2n) is 7.24. The number of aryl methyl sites for hydroxylation is 1. The number of hydrogen-bond donors (Lipinski definition) is 0. The summed E-state index contributed by atoms with van der Waals surface area (Å²) in [6, 6.07) is 6.03. The van der Waals surface area contributed by atoms with Gasteiger partial charge in [0.15, 0.2) is 0 Å². The lowest BCUT2D eigenvalue weighted by Crippen LogP contribution is -2.41. The molecule has 1 heterocycles. The number of nitrogens with zero attached hydrogens (tertiary/aromatic N) is 1. The molecule has 1 saturated heterocycles. The number of rotatable bonds is 3. The van der Waals surface area contributed by atoms with Crippen molar-refractivity contribution in [1.82, 2.24) is 4.90 Å². The summed E-state index contributed by atoms with van der Waals surface area (Å²) in [5.41, 5.74) is 2.44. The molecule has 1 fully saturated rings. The van der Waals surface area contributed by atoms with E-state index < -0.39 is 0 Å². The van der Waals surface area contributed by atoms with Crippen molar-refractivity contribution in [2.75, 3.05) is 14.1 Å². The summed E-state index contributed by atoms with van der Waals surface area (Å²) in [6.45, 7) is 10.2. The summed E-state index contributed by atoms with van der Waals surface area (Å²) >= 11 is 0. The normalized spacial score (nSPS) is 19.3. The molecule has 0 spiro atoms. The smallest absolute Gasteiger partial charge is 0.399 e. The molecule has 0 radical (unpaired) electrons. The van der Waals surface area contributed by atoms with Gasteiger partial charge in [-0.3, -0.25) is 4.79 Å². The van der Waals surface area contributed by atoms with E-state index in [0.29, 0.717) is 6.42 Å². The fraction of sp³-hybridized carbons (Fsp3) is 0.588. The summed E-state index contributed by atoms with van der Waals surface area (Å²) in [7, 11) is 3.19. The first kappa shape index (κ1) is 17.0. The maximum absolute atomic E-state index is 11.8. The van der Waals surface area contributed by atoms with E-state index in [2.05, 4.69) is 0 Å². The highest BCUT2D eigenvalue weighted by molar-refractivity contribution is 6.62. The number of carbonyl (C=O) groups is 1. The van der Waals surface area contributed by atoms with E-state index in [-0.39, 0.29) is 24.2 Å². The summed E-state index contributed by atoms with van der Waals surface area (Å²) < 4.78 is 12.2. The summed E-state index contributed by atoms with van der Waals surface area (Å²) in [5, 5.41) is 0. The first-order valence-electron chi connectivity index (χ1n) is 7.69. The van der Waals surface area contributed by atoms with Crippen LogP contribution in [0.1, 0.15) is 38.8 Å². The number of amides is 1. The SMILES string of the molecule is Cc1cc(CC(=O)N(C)C)ccc1B1OC(C)(C)C(C)(C)O1. The van der Waals surface area contributed by atoms with Gasteiger partial charge in [-0.1, -0.05) is 23.8 Å². The van der Waals surface area contributed by atoms with Crippen LogP contribution in [0.5, 0.6) is 0 Å². The van der Waals surface area contributed by atoms with Gasteiger partial charge in [0.2, 0.25) is 5.91 Å². The van der Waals surface area contributed by atoms with Crippen molar-refractivity contribution in [3.63, 3.8) is 0 Å². The van der Waals surface area contributed by atoms with Gasteiger partial charge in [-0.05, 0) is 45.6 Å². The minimum atomic E-state index is -0.358. The standard InChI is InChI=1S/C17H26BNO3/c1-12-10-13(11-15(20)19(6)7)8-9-14(12)18-21-16(2,3)17(4,5)22-18/h8-10H,11H2,1-7H3. The third kappa shape index (κ3) is 3.20. The molecule has 0 N–H and O–H groups in total. The van der Waals surface area contributed by atoms with Gasteiger partial charge in [-0.2, -0.15) is 0 Å². The largest absolute Gasteiger partial charge is 0.495 e. The Morgan fingerprint density at radius 1 is 1.14 bits per heavy atom. The predicted molar refractivity (Wildman–Crippen MR) is 89.3 cm³/mol. The fourth-order valence-corrected chi connectivity index (χ4v) is 2.41. The number of carbonyl (C=O) groups excluding carboxylic acids is 1. The Balaban J connectivity index is 2.20. The molecule has 5 heteroatoms. The van der Waals surface area contributed by atoms with Crippen molar-refractivity contribution in [2.24, 2.45) is 0 Å². The summed E-state index contributed by atoms with van der Waals surface area (Å²) in [6.07, 6.45) is 0.414. The van der Waals surface area contributed by atoms with E-state index in [1.165, 1.54) is 0 Å². The van der Waals surface area contributed by atoms with Crippen LogP contribution in [0.15, 0.2) is 18.2 Å². The Bertz CT molecular complexity index is 565. The van der Waals surface area contributed by atoms with Gasteiger partial charge in [-0.25, -0.2) is 0 Å². The van der Waals surface area contributed by atoms with E-state index in [9.17, 15) is 4.79 Å². The van der Waals surface area contributed by atoms with Gasteiger partial charge >= 0.3 is 7.12 Å². The molecule has 22 heavy (non-hydrogen) atoms. The maximum Gasteiger partial charge on any atom is 0.495 e. The summed E-state index contributed by atoms with van der Waals surface area (Å²) in [5.74, 6) is 0.0998. The van der Waals surface area contributed by atoms with Crippen LogP contribution in [0, 0.1) is 6.92 Å². The van der Waals surface area contributed by atoms with E-state index >= 15 is 0 Å². The van der Waals surface area contributed by atoms with Crippen LogP contribution in [0.25, 0.3) is 0 Å². The van der Waals surface area contributed by atoms with Crippen molar-refractivity contribution in [1.29, 1.82) is 0 Å². The quantitative estimate of drug-likeness (QED) is 0.801. The molecule has 0 aromatic heterocycles. The fourth-order valence-electron chi connectivity index (χ4n) is 2.41. The first-order valence-corrected chi connectivity index (χ1v) is 7.69. The van der Waals surface area contributed by atoms with Gasteiger partial charge in [0.05, 0.1) is 17.6 Å². The Morgan fingerprint density at radius 3 is 2.14 bits per heavy atom. The summed E-state index contributed by atoms with van der Waals surface area (Å²) in [4.78, 5) is 13.4. The Labute approximate surface area is 133 Å². The van der Waals surface area contributed by atoms with Crippen molar-refractivity contribution < 1.29 is 14.1 Å². The molecule has 0 bridgehead atoms. The minimum Gasteiger partial charge on any atom is -0.399 e. The zero-order chi connectivity index (χ0) is 16.7. The third-order valence-electron chi connectivity index (χ3n) is 4.70. The molecular weight excluding hydrogens is 277 g/mol. The van der Waals surface area contributed by atoms with Crippen LogP contribution in [0.4, 0.5) is 0 Å². The van der Waals surface area contributed by atoms with Gasteiger partial charge in [0.1, 0.15) is 0 Å². The van der Waals surface area contributed by atoms with Gasteiger partial charge < -0.3 is 14.2 Å². The van der Waals surface area contributed by atoms with Crippen LogP contribution in [0.2, 0.25) is 0 Å². The molecule has 1 amide bonds. The molecule has 2 rings (SSSR count). The van der Waals surface area contributed by atoms with E-state index in [4.69, 9.17) is 9.31 Å². The van der Waals surface area contributed by atoms with Crippen molar-refractivity contribution in [3.8, 4) is 0 Å². The van der Waals surface area contributed by atoms with Crippen LogP contribution < -0.4 is 5.46 Å². The van der Waals surface area contributed by atoms with Gasteiger partial charge in [-0.15, -0.1) is 0 Å². The molecule has 0 unspecified atom stereocenters. The van der Waals surface area contributed by atoms with E-state index in [0.717, 1.165) is 16.6 Å². The molecule has 120 valence electrons. The second-order valence-corrected chi connectivity index (χ2v) is 7.24. The molecule has 1 aromatic carbocycles. The Kier molecular flexibility index (Phi) is 4.42. The molecule has 0 atom stereocenters. The predicted octanol–water partition coefficient (Wildman–Crippen LogP) is 1.92. The van der Waals surface area contributed by atoms with Crippen molar-refractivity contribution >= 4 is 18.5 Å². The van der Waals surface area contributed by atoms with Crippen LogP contribution >= 0.6 is 0 Å². The first-order chi connectivity index (χ1) is 10.0. The lowest BCUT2D eigenvalue weighted by Gasteiger charge is -2.32. The monoisotopic (exact) mass is 303 g/mol. The van der Waals surface area contributed by atoms with Gasteiger partial charge in [0, 0.05) is 14.1 Å². The topological polar surface area (TPSA) is 38.8 Å². The average Bonchev–Trinajstić information content (AvgIpc) is 2.58. The van der Waals surface area contributed by atoms with E-state index in [1.54, 1.807) is 19.0 Å². The van der Waals surface area contributed by atoms with Crippen LogP contribution in [0.3, 0.4) is 0 Å². The molecule has 4 nitrogen and oxygen atoms in total. The Hall–Kier alpha value is -1.33. The Morgan fingerprint density at radius 2 is 1.68 bits per heavy atom. The third-order valence-corrected chi connectivity index (χ3v) is 4.70. The highest BCUT2D eigenvalue weighted by atomic mass is 16.7. The highest BCUT2D eigenvalue weighted by Gasteiger charge is 2.51. The maximum atomic E-state index is 11.8. The van der Waals surface area contributed by atoms with Crippen LogP contribution in [-0.4, -0.2) is 43.2 Å². The number of hydrogen-bond acceptors (Lipinski definition) is 3. The molecular formula is C17H26BNO3. The zero-order valence-electron chi connectivity index (χ0n) is 14.7. The molecule has 1 aromatic rings. The lowest BCUT2D eigenvalue weighted by molar-refractivity contribution is -0.127. The minimum absolute atomic E-state index is 0.0998.